The van der Waals surface area contributed by atoms with E-state index in [1.165, 1.54) is 11.7 Å². The van der Waals surface area contributed by atoms with E-state index in [9.17, 15) is 14.4 Å². The number of esters is 1. The first kappa shape index (κ1) is 24.7. The fourth-order valence-electron chi connectivity index (χ4n) is 3.01. The number of aromatic amines is 1. The van der Waals surface area contributed by atoms with Gasteiger partial charge in [0.05, 0.1) is 32.2 Å². The van der Waals surface area contributed by atoms with Crippen molar-refractivity contribution in [3.05, 3.63) is 50.7 Å². The molecule has 0 aliphatic heterocycles. The van der Waals surface area contributed by atoms with Crippen molar-refractivity contribution >= 4 is 11.8 Å². The highest BCUT2D eigenvalue weighted by Gasteiger charge is 2.31. The number of aromatic nitrogens is 3. The Balaban J connectivity index is 1.98. The van der Waals surface area contributed by atoms with Crippen molar-refractivity contribution in [1.29, 1.82) is 5.26 Å². The van der Waals surface area contributed by atoms with Crippen LogP contribution in [0.4, 0.5) is 5.82 Å². The maximum Gasteiger partial charge on any atom is 0.362 e. The van der Waals surface area contributed by atoms with Crippen molar-refractivity contribution in [3.8, 4) is 11.8 Å². The number of benzene rings is 1. The Bertz CT molecular complexity index is 1100. The minimum Gasteiger partial charge on any atom is -0.476 e. The third-order valence-corrected chi connectivity index (χ3v) is 4.71. The summed E-state index contributed by atoms with van der Waals surface area (Å²) in [6, 6.07) is 9.44. The van der Waals surface area contributed by atoms with Gasteiger partial charge in [-0.2, -0.15) is 15.0 Å². The van der Waals surface area contributed by atoms with Crippen LogP contribution in [0.2, 0.25) is 0 Å². The van der Waals surface area contributed by atoms with Crippen LogP contribution < -0.4 is 26.4 Å². The van der Waals surface area contributed by atoms with Gasteiger partial charge in [-0.3, -0.25) is 14.7 Å². The summed E-state index contributed by atoms with van der Waals surface area (Å²) < 4.78 is 13.1. The van der Waals surface area contributed by atoms with Crippen LogP contribution in [0.3, 0.4) is 0 Å². The molecular weight excluding hydrogens is 414 g/mol. The highest BCUT2D eigenvalue weighted by molar-refractivity contribution is 5.79. The minimum atomic E-state index is -1.10. The zero-order valence-electron chi connectivity index (χ0n) is 18.9. The second kappa shape index (κ2) is 11.1. The van der Waals surface area contributed by atoms with Gasteiger partial charge >= 0.3 is 23.0 Å². The predicted molar refractivity (Wildman–Crippen MR) is 117 cm³/mol. The monoisotopic (exact) mass is 444 g/mol. The number of rotatable bonds is 11. The van der Waals surface area contributed by atoms with Gasteiger partial charge in [-0.25, -0.2) is 9.59 Å². The van der Waals surface area contributed by atoms with E-state index in [1.807, 2.05) is 24.3 Å². The lowest BCUT2D eigenvalue weighted by atomic mass is 10.1. The van der Waals surface area contributed by atoms with E-state index in [0.717, 1.165) is 10.1 Å². The Kier molecular flexibility index (Phi) is 8.58. The number of carbonyl (C=O) groups excluding carboxylic acids is 1. The molecule has 10 heteroatoms. The molecule has 10 nitrogen and oxygen atoms in total. The van der Waals surface area contributed by atoms with Crippen molar-refractivity contribution in [1.82, 2.24) is 9.25 Å². The van der Waals surface area contributed by atoms with E-state index in [-0.39, 0.29) is 25.4 Å². The summed E-state index contributed by atoms with van der Waals surface area (Å²) in [5.41, 5.74) is -1.04. The maximum atomic E-state index is 12.3. The van der Waals surface area contributed by atoms with Crippen LogP contribution in [0, 0.1) is 11.3 Å². The lowest BCUT2D eigenvalue weighted by molar-refractivity contribution is -0.486. The molecule has 0 atom stereocenters. The number of hydrogen-bond donors (Lipinski definition) is 1. The molecule has 32 heavy (non-hydrogen) atoms. The molecular formula is C22H30N5O5+. The van der Waals surface area contributed by atoms with Crippen molar-refractivity contribution in [3.63, 3.8) is 0 Å². The number of nitrogens with one attached hydrogen (secondary N) is 2. The number of ether oxygens (including phenoxy) is 2. The Morgan fingerprint density at radius 1 is 1.31 bits per heavy atom. The van der Waals surface area contributed by atoms with Gasteiger partial charge in [0.1, 0.15) is 5.75 Å². The summed E-state index contributed by atoms with van der Waals surface area (Å²) in [6.45, 7) is 6.02. The van der Waals surface area contributed by atoms with Crippen LogP contribution in [0.25, 0.3) is 0 Å². The number of aryl methyl sites for hydroxylation is 2. The fourth-order valence-corrected chi connectivity index (χ4v) is 3.01. The molecule has 172 valence electrons. The van der Waals surface area contributed by atoms with E-state index in [1.54, 1.807) is 26.8 Å². The third-order valence-electron chi connectivity index (χ3n) is 4.71. The normalized spacial score (nSPS) is 11.0. The average molecular weight is 445 g/mol. The summed E-state index contributed by atoms with van der Waals surface area (Å²) in [6.07, 6.45) is 1.57. The second-order valence-electron chi connectivity index (χ2n) is 7.70. The molecule has 0 aliphatic carbocycles. The third kappa shape index (κ3) is 6.44. The molecule has 1 aromatic carbocycles. The van der Waals surface area contributed by atoms with Gasteiger partial charge in [0, 0.05) is 7.05 Å². The molecule has 0 radical (unpaired) electrons. The number of nitrogens with zero attached hydrogens (tertiary/aromatic N) is 3. The highest BCUT2D eigenvalue weighted by Crippen LogP contribution is 2.21. The van der Waals surface area contributed by atoms with Crippen LogP contribution >= 0.6 is 0 Å². The van der Waals surface area contributed by atoms with Gasteiger partial charge in [0.2, 0.25) is 0 Å². The Morgan fingerprint density at radius 2 is 2.06 bits per heavy atom. The molecule has 0 amide bonds. The number of carbonyl (C=O) groups is 1. The van der Waals surface area contributed by atoms with E-state index in [4.69, 9.17) is 14.7 Å². The number of H-pyrrole nitrogens is 1. The maximum absolute atomic E-state index is 12.3. The number of nitriles is 1. The lowest BCUT2D eigenvalue weighted by Gasteiger charge is -2.24. The largest absolute Gasteiger partial charge is 0.476 e. The molecule has 1 aromatic heterocycles. The van der Waals surface area contributed by atoms with Gasteiger partial charge in [0.15, 0.2) is 5.60 Å². The Labute approximate surface area is 186 Å². The Hall–Kier alpha value is -3.61. The standard InChI is InChI=1S/C22H29N5O5/c1-5-31-20(29)22(2,3)32-17-11-6-9-16(15-17)10-7-13-24-18-19(28)26(4)21(30)27(25-18)14-8-12-23/h6,9,11,15H,5,7-8,10,13-14H2,1-4H3,(H,24,25)/p+1. The molecule has 0 bridgehead atoms. The molecule has 2 aromatic rings. The van der Waals surface area contributed by atoms with Gasteiger partial charge in [-0.1, -0.05) is 12.1 Å². The molecule has 2 N–H and O–H groups in total. The zero-order chi connectivity index (χ0) is 23.7. The lowest BCUT2D eigenvalue weighted by Crippen LogP contribution is -2.49. The zero-order valence-corrected chi connectivity index (χ0v) is 18.9. The summed E-state index contributed by atoms with van der Waals surface area (Å²) >= 11 is 0. The number of anilines is 1. The second-order valence-corrected chi connectivity index (χ2v) is 7.70. The van der Waals surface area contributed by atoms with Gasteiger partial charge in [-0.15, -0.1) is 0 Å². The van der Waals surface area contributed by atoms with Crippen LogP contribution in [0.1, 0.15) is 39.2 Å². The summed E-state index contributed by atoms with van der Waals surface area (Å²) in [7, 11) is 1.40. The molecule has 0 spiro atoms. The number of hydrogen-bond acceptors (Lipinski definition) is 7. The van der Waals surface area contributed by atoms with E-state index in [2.05, 4.69) is 10.4 Å². The minimum absolute atomic E-state index is 0.152. The SMILES string of the molecule is CCOC(=O)C(C)(C)Oc1cccc(CCCNc2[nH+]n(CCC#N)c(=O)n(C)c2=O)c1. The van der Waals surface area contributed by atoms with Crippen molar-refractivity contribution in [2.24, 2.45) is 7.05 Å². The van der Waals surface area contributed by atoms with Crippen LogP contribution in [0.5, 0.6) is 5.75 Å². The molecule has 0 fully saturated rings. The van der Waals surface area contributed by atoms with Gasteiger partial charge in [-0.05, 0) is 51.3 Å². The quantitative estimate of drug-likeness (QED) is 0.405. The smallest absolute Gasteiger partial charge is 0.362 e. The van der Waals surface area contributed by atoms with Gasteiger partial charge < -0.3 is 9.47 Å². The predicted octanol–water partition coefficient (Wildman–Crippen LogP) is 1.04. The average Bonchev–Trinajstić information content (AvgIpc) is 2.76. The first-order valence-electron chi connectivity index (χ1n) is 10.5. The van der Waals surface area contributed by atoms with Crippen LogP contribution in [-0.2, 0) is 29.5 Å². The van der Waals surface area contributed by atoms with E-state index < -0.39 is 22.8 Å². The first-order chi connectivity index (χ1) is 15.2. The van der Waals surface area contributed by atoms with Crippen LogP contribution in [0.15, 0.2) is 33.9 Å². The Morgan fingerprint density at radius 3 is 2.75 bits per heavy atom. The van der Waals surface area contributed by atoms with Crippen LogP contribution in [-0.4, -0.2) is 34.0 Å². The molecule has 0 aliphatic rings. The summed E-state index contributed by atoms with van der Waals surface area (Å²) in [5, 5.41) is 14.5. The molecule has 2 rings (SSSR count). The highest BCUT2D eigenvalue weighted by atomic mass is 16.6. The molecule has 0 saturated carbocycles. The topological polar surface area (TPSA) is 129 Å². The van der Waals surface area contributed by atoms with Crippen molar-refractivity contribution in [2.45, 2.75) is 52.2 Å². The van der Waals surface area contributed by atoms with E-state index >= 15 is 0 Å². The van der Waals surface area contributed by atoms with Crippen molar-refractivity contribution in [2.75, 3.05) is 18.5 Å². The molecule has 1 heterocycles. The van der Waals surface area contributed by atoms with Crippen molar-refractivity contribution < 1.29 is 19.4 Å². The molecule has 0 unspecified atom stereocenters. The first-order valence-corrected chi connectivity index (χ1v) is 10.5. The fraction of sp³-hybridized carbons (Fsp3) is 0.500. The molecule has 0 saturated heterocycles. The van der Waals surface area contributed by atoms with E-state index in [0.29, 0.717) is 25.1 Å². The summed E-state index contributed by atoms with van der Waals surface area (Å²) in [4.78, 5) is 36.4. The van der Waals surface area contributed by atoms with Gasteiger partial charge in [0.25, 0.3) is 0 Å². The summed E-state index contributed by atoms with van der Waals surface area (Å²) in [5.74, 6) is 0.335.